The minimum absolute atomic E-state index is 0.106. The molecule has 2 nitrogen and oxygen atoms in total. The maximum absolute atomic E-state index is 14.9. The van der Waals surface area contributed by atoms with E-state index in [1.54, 1.807) is 6.92 Å². The molecular formula is C15H22FNO. The summed E-state index contributed by atoms with van der Waals surface area (Å²) in [6.07, 6.45) is 0.454. The lowest BCUT2D eigenvalue weighted by atomic mass is 9.88. The monoisotopic (exact) mass is 251 g/mol. The summed E-state index contributed by atoms with van der Waals surface area (Å²) < 4.78 is 20.3. The third kappa shape index (κ3) is 3.30. The predicted octanol–water partition coefficient (Wildman–Crippen LogP) is 2.87. The Kier molecular flexibility index (Phi) is 4.03. The highest BCUT2D eigenvalue weighted by atomic mass is 19.1. The highest BCUT2D eigenvalue weighted by Gasteiger charge is 2.31. The molecule has 0 bridgehead atoms. The van der Waals surface area contributed by atoms with Crippen molar-refractivity contribution in [1.29, 1.82) is 0 Å². The third-order valence-corrected chi connectivity index (χ3v) is 3.45. The van der Waals surface area contributed by atoms with Crippen LogP contribution >= 0.6 is 0 Å². The zero-order chi connectivity index (χ0) is 13.2. The summed E-state index contributed by atoms with van der Waals surface area (Å²) in [6, 6.07) is 6.06. The number of halogens is 1. The van der Waals surface area contributed by atoms with Gasteiger partial charge in [0, 0.05) is 19.0 Å². The maximum atomic E-state index is 14.9. The van der Waals surface area contributed by atoms with E-state index < -0.39 is 5.67 Å². The van der Waals surface area contributed by atoms with E-state index in [1.165, 1.54) is 0 Å². The molecule has 2 rings (SSSR count). The number of hydrogen-bond donors (Lipinski definition) is 1. The van der Waals surface area contributed by atoms with E-state index >= 15 is 0 Å². The van der Waals surface area contributed by atoms with Gasteiger partial charge in [-0.25, -0.2) is 4.39 Å². The van der Waals surface area contributed by atoms with Gasteiger partial charge < -0.3 is 10.1 Å². The summed E-state index contributed by atoms with van der Waals surface area (Å²) in [5.41, 5.74) is 1.69. The van der Waals surface area contributed by atoms with Gasteiger partial charge in [-0.1, -0.05) is 29.3 Å². The Morgan fingerprint density at radius 2 is 2.00 bits per heavy atom. The summed E-state index contributed by atoms with van der Waals surface area (Å²) in [5.74, 6) is 0. The fourth-order valence-electron chi connectivity index (χ4n) is 2.61. The molecular weight excluding hydrogens is 229 g/mol. The molecule has 0 aromatic heterocycles. The first kappa shape index (κ1) is 13.5. The lowest BCUT2D eigenvalue weighted by Crippen LogP contribution is -2.44. The molecule has 1 aliphatic rings. The van der Waals surface area contributed by atoms with Crippen LogP contribution in [0.2, 0.25) is 0 Å². The Hall–Kier alpha value is -0.930. The van der Waals surface area contributed by atoms with Gasteiger partial charge >= 0.3 is 0 Å². The van der Waals surface area contributed by atoms with Crippen LogP contribution in [0.1, 0.15) is 30.0 Å². The molecule has 0 saturated carbocycles. The fraction of sp³-hybridized carbons (Fsp3) is 0.600. The number of rotatable bonds is 3. The van der Waals surface area contributed by atoms with Gasteiger partial charge in [0.25, 0.3) is 0 Å². The van der Waals surface area contributed by atoms with Crippen molar-refractivity contribution in [2.24, 2.45) is 0 Å². The Balaban J connectivity index is 2.13. The van der Waals surface area contributed by atoms with E-state index in [1.807, 2.05) is 26.0 Å². The van der Waals surface area contributed by atoms with Crippen LogP contribution in [-0.4, -0.2) is 25.8 Å². The molecule has 0 amide bonds. The topological polar surface area (TPSA) is 21.3 Å². The summed E-state index contributed by atoms with van der Waals surface area (Å²) in [5, 5.41) is 3.31. The molecule has 2 unspecified atom stereocenters. The fourth-order valence-corrected chi connectivity index (χ4v) is 2.61. The van der Waals surface area contributed by atoms with Crippen LogP contribution < -0.4 is 5.32 Å². The molecule has 1 fully saturated rings. The molecule has 3 heteroatoms. The molecule has 0 aliphatic carbocycles. The first-order chi connectivity index (χ1) is 8.47. The number of alkyl halides is 1. The number of aryl methyl sites for hydroxylation is 2. The second kappa shape index (κ2) is 5.37. The normalized spacial score (nSPS) is 23.7. The summed E-state index contributed by atoms with van der Waals surface area (Å²) >= 11 is 0. The van der Waals surface area contributed by atoms with Crippen molar-refractivity contribution in [2.45, 2.75) is 38.9 Å². The molecule has 1 heterocycles. The highest BCUT2D eigenvalue weighted by molar-refractivity contribution is 5.32. The summed E-state index contributed by atoms with van der Waals surface area (Å²) in [6.45, 7) is 7.82. The van der Waals surface area contributed by atoms with Gasteiger partial charge in [0.05, 0.1) is 13.2 Å². The van der Waals surface area contributed by atoms with Crippen molar-refractivity contribution >= 4 is 0 Å². The van der Waals surface area contributed by atoms with E-state index in [0.29, 0.717) is 13.0 Å². The van der Waals surface area contributed by atoms with Crippen LogP contribution in [0, 0.1) is 13.8 Å². The minimum Gasteiger partial charge on any atom is -0.379 e. The Morgan fingerprint density at radius 1 is 1.33 bits per heavy atom. The van der Waals surface area contributed by atoms with Crippen molar-refractivity contribution < 1.29 is 9.13 Å². The van der Waals surface area contributed by atoms with Gasteiger partial charge in [0.1, 0.15) is 5.67 Å². The quantitative estimate of drug-likeness (QED) is 0.892. The van der Waals surface area contributed by atoms with Crippen LogP contribution in [-0.2, 0) is 10.4 Å². The second-order valence-corrected chi connectivity index (χ2v) is 5.50. The van der Waals surface area contributed by atoms with Gasteiger partial charge in [-0.15, -0.1) is 0 Å². The number of morpholine rings is 1. The van der Waals surface area contributed by atoms with Gasteiger partial charge in [-0.2, -0.15) is 0 Å². The van der Waals surface area contributed by atoms with E-state index in [-0.39, 0.29) is 6.04 Å². The zero-order valence-electron chi connectivity index (χ0n) is 11.4. The lowest BCUT2D eigenvalue weighted by Gasteiger charge is -2.30. The van der Waals surface area contributed by atoms with Crippen molar-refractivity contribution in [1.82, 2.24) is 5.32 Å². The number of hydrogen-bond acceptors (Lipinski definition) is 2. The summed E-state index contributed by atoms with van der Waals surface area (Å²) in [7, 11) is 0. The van der Waals surface area contributed by atoms with Crippen LogP contribution in [0.25, 0.3) is 0 Å². The van der Waals surface area contributed by atoms with Gasteiger partial charge in [-0.3, -0.25) is 0 Å². The van der Waals surface area contributed by atoms with Gasteiger partial charge in [0.2, 0.25) is 0 Å². The Morgan fingerprint density at radius 3 is 2.56 bits per heavy atom. The maximum Gasteiger partial charge on any atom is 0.134 e. The zero-order valence-corrected chi connectivity index (χ0v) is 11.4. The van der Waals surface area contributed by atoms with E-state index in [0.717, 1.165) is 29.8 Å². The smallest absolute Gasteiger partial charge is 0.134 e. The van der Waals surface area contributed by atoms with Crippen LogP contribution in [0.4, 0.5) is 4.39 Å². The van der Waals surface area contributed by atoms with E-state index in [9.17, 15) is 4.39 Å². The molecule has 18 heavy (non-hydrogen) atoms. The van der Waals surface area contributed by atoms with Gasteiger partial charge in [0.15, 0.2) is 0 Å². The molecule has 1 N–H and O–H groups in total. The molecule has 1 aromatic rings. The van der Waals surface area contributed by atoms with E-state index in [4.69, 9.17) is 4.74 Å². The lowest BCUT2D eigenvalue weighted by molar-refractivity contribution is 0.0474. The minimum atomic E-state index is -1.31. The highest BCUT2D eigenvalue weighted by Crippen LogP contribution is 2.32. The molecule has 0 radical (unpaired) electrons. The molecule has 0 spiro atoms. The Labute approximate surface area is 109 Å². The Bertz CT molecular complexity index is 391. The summed E-state index contributed by atoms with van der Waals surface area (Å²) in [4.78, 5) is 0. The number of benzene rings is 1. The van der Waals surface area contributed by atoms with Crippen molar-refractivity contribution in [2.75, 3.05) is 19.8 Å². The number of ether oxygens (including phenoxy) is 1. The molecule has 1 aliphatic heterocycles. The first-order valence-corrected chi connectivity index (χ1v) is 6.56. The molecule has 2 atom stereocenters. The third-order valence-electron chi connectivity index (χ3n) is 3.45. The standard InChI is InChI=1S/C15H22FNO/c1-11-6-12(2)8-13(7-11)15(3,16)9-14-10-18-5-4-17-14/h6-8,14,17H,4-5,9-10H2,1-3H3. The first-order valence-electron chi connectivity index (χ1n) is 6.56. The molecule has 100 valence electrons. The molecule has 1 aromatic carbocycles. The average molecular weight is 251 g/mol. The van der Waals surface area contributed by atoms with Crippen LogP contribution in [0.5, 0.6) is 0 Å². The number of nitrogens with one attached hydrogen (secondary N) is 1. The average Bonchev–Trinajstić information content (AvgIpc) is 2.28. The van der Waals surface area contributed by atoms with Gasteiger partial charge in [-0.05, 0) is 26.3 Å². The van der Waals surface area contributed by atoms with Crippen LogP contribution in [0.15, 0.2) is 18.2 Å². The van der Waals surface area contributed by atoms with E-state index in [2.05, 4.69) is 11.4 Å². The van der Waals surface area contributed by atoms with Crippen molar-refractivity contribution in [3.63, 3.8) is 0 Å². The predicted molar refractivity (Wildman–Crippen MR) is 71.6 cm³/mol. The SMILES string of the molecule is Cc1cc(C)cc(C(C)(F)CC2COCCN2)c1. The van der Waals surface area contributed by atoms with Crippen molar-refractivity contribution in [3.05, 3.63) is 34.9 Å². The molecule has 1 saturated heterocycles. The van der Waals surface area contributed by atoms with Crippen molar-refractivity contribution in [3.8, 4) is 0 Å². The van der Waals surface area contributed by atoms with Crippen LogP contribution in [0.3, 0.4) is 0 Å². The second-order valence-electron chi connectivity index (χ2n) is 5.50. The largest absolute Gasteiger partial charge is 0.379 e.